The molecule has 0 fully saturated rings. The molecule has 4 amide bonds. The van der Waals surface area contributed by atoms with Crippen LogP contribution in [-0.4, -0.2) is 12.1 Å². The normalized spacial score (nSPS) is 11.1. The lowest BCUT2D eigenvalue weighted by atomic mass is 10.1. The molecule has 0 radical (unpaired) electrons. The predicted octanol–water partition coefficient (Wildman–Crippen LogP) is 4.89. The summed E-state index contributed by atoms with van der Waals surface area (Å²) in [7, 11) is 0. The zero-order chi connectivity index (χ0) is 22.6. The highest BCUT2D eigenvalue weighted by Crippen LogP contribution is 2.12. The number of para-hydroxylation sites is 1. The van der Waals surface area contributed by atoms with Crippen LogP contribution < -0.4 is 21.3 Å². The van der Waals surface area contributed by atoms with Crippen molar-refractivity contribution in [2.75, 3.05) is 5.32 Å². The van der Waals surface area contributed by atoms with Crippen LogP contribution in [0.5, 0.6) is 0 Å². The minimum absolute atomic E-state index is 0.0329. The third-order valence-electron chi connectivity index (χ3n) is 4.02. The van der Waals surface area contributed by atoms with Crippen molar-refractivity contribution in [3.8, 4) is 0 Å². The number of allylic oxidation sites excluding steroid dienone is 4. The van der Waals surface area contributed by atoms with Gasteiger partial charge in [-0.3, -0.25) is 0 Å². The van der Waals surface area contributed by atoms with Crippen LogP contribution in [0.2, 0.25) is 0 Å². The van der Waals surface area contributed by atoms with E-state index in [1.54, 1.807) is 49.4 Å². The van der Waals surface area contributed by atoms with Gasteiger partial charge in [-0.1, -0.05) is 55.1 Å². The molecule has 0 spiro atoms. The van der Waals surface area contributed by atoms with Gasteiger partial charge in [-0.15, -0.1) is 0 Å². The van der Waals surface area contributed by atoms with E-state index < -0.39 is 23.7 Å². The Bertz CT molecular complexity index is 1000. The standard InChI is InChI=1S/C23H24F2N4O2/c1-3-4-11-20(16(2)24)28-22(30)26-14-17-8-7-9-18(13-17)15-27-23(31)29-21-12-6-5-10-19(21)25/h3-13H,2,14-15H2,1H3,(H2,26,28,30)(H2,27,29,31). The largest absolute Gasteiger partial charge is 0.334 e. The third kappa shape index (κ3) is 8.14. The third-order valence-corrected chi connectivity index (χ3v) is 4.02. The molecule has 0 atom stereocenters. The van der Waals surface area contributed by atoms with Crippen LogP contribution in [0.1, 0.15) is 18.1 Å². The first-order valence-electron chi connectivity index (χ1n) is 9.49. The van der Waals surface area contributed by atoms with Crippen LogP contribution in [0.3, 0.4) is 0 Å². The number of anilines is 1. The molecule has 0 saturated carbocycles. The average Bonchev–Trinajstić information content (AvgIpc) is 2.75. The van der Waals surface area contributed by atoms with Crippen molar-refractivity contribution in [3.63, 3.8) is 0 Å². The minimum atomic E-state index is -0.755. The first-order valence-corrected chi connectivity index (χ1v) is 9.49. The van der Waals surface area contributed by atoms with E-state index in [2.05, 4.69) is 27.8 Å². The van der Waals surface area contributed by atoms with Gasteiger partial charge in [0.15, 0.2) is 0 Å². The average molecular weight is 426 g/mol. The minimum Gasteiger partial charge on any atom is -0.334 e. The Labute approximate surface area is 179 Å². The van der Waals surface area contributed by atoms with Gasteiger partial charge < -0.3 is 21.3 Å². The number of urea groups is 2. The second kappa shape index (κ2) is 11.9. The number of hydrogen-bond acceptors (Lipinski definition) is 2. The summed E-state index contributed by atoms with van der Waals surface area (Å²) in [6, 6.07) is 11.9. The van der Waals surface area contributed by atoms with E-state index in [-0.39, 0.29) is 24.5 Å². The lowest BCUT2D eigenvalue weighted by Crippen LogP contribution is -2.34. The van der Waals surface area contributed by atoms with Crippen molar-refractivity contribution in [3.05, 3.63) is 102 Å². The highest BCUT2D eigenvalue weighted by atomic mass is 19.1. The fourth-order valence-corrected chi connectivity index (χ4v) is 2.50. The number of halogens is 2. The van der Waals surface area contributed by atoms with Crippen LogP contribution in [-0.2, 0) is 13.1 Å². The molecule has 0 heterocycles. The van der Waals surface area contributed by atoms with E-state index in [9.17, 15) is 18.4 Å². The maximum atomic E-state index is 13.6. The predicted molar refractivity (Wildman–Crippen MR) is 117 cm³/mol. The molecule has 0 aromatic heterocycles. The summed E-state index contributed by atoms with van der Waals surface area (Å²) in [5.74, 6) is -1.28. The van der Waals surface area contributed by atoms with Gasteiger partial charge in [0.05, 0.1) is 11.4 Å². The lowest BCUT2D eigenvalue weighted by molar-refractivity contribution is 0.242. The second-order valence-corrected chi connectivity index (χ2v) is 6.43. The molecule has 2 rings (SSSR count). The zero-order valence-electron chi connectivity index (χ0n) is 17.0. The summed E-state index contributed by atoms with van der Waals surface area (Å²) in [6.07, 6.45) is 4.68. The quantitative estimate of drug-likeness (QED) is 0.453. The Morgan fingerprint density at radius 1 is 1.00 bits per heavy atom. The van der Waals surface area contributed by atoms with Gasteiger partial charge >= 0.3 is 12.1 Å². The Morgan fingerprint density at radius 2 is 1.65 bits per heavy atom. The van der Waals surface area contributed by atoms with Crippen LogP contribution in [0.25, 0.3) is 0 Å². The van der Waals surface area contributed by atoms with E-state index >= 15 is 0 Å². The number of amides is 4. The smallest absolute Gasteiger partial charge is 0.319 e. The maximum absolute atomic E-state index is 13.6. The topological polar surface area (TPSA) is 82.3 Å². The fraction of sp³-hybridized carbons (Fsp3) is 0.130. The van der Waals surface area contributed by atoms with Gasteiger partial charge in [0.25, 0.3) is 0 Å². The van der Waals surface area contributed by atoms with Crippen LogP contribution in [0, 0.1) is 5.82 Å². The molecule has 162 valence electrons. The molecule has 0 unspecified atom stereocenters. The molecule has 0 aliphatic carbocycles. The fourth-order valence-electron chi connectivity index (χ4n) is 2.50. The van der Waals surface area contributed by atoms with Crippen LogP contribution in [0.4, 0.5) is 24.1 Å². The van der Waals surface area contributed by atoms with E-state index in [1.807, 2.05) is 0 Å². The molecule has 6 nitrogen and oxygen atoms in total. The van der Waals surface area contributed by atoms with E-state index in [0.717, 1.165) is 11.1 Å². The molecule has 4 N–H and O–H groups in total. The van der Waals surface area contributed by atoms with Crippen LogP contribution in [0.15, 0.2) is 84.9 Å². The van der Waals surface area contributed by atoms with Crippen molar-refractivity contribution in [1.29, 1.82) is 0 Å². The first-order chi connectivity index (χ1) is 14.9. The highest BCUT2D eigenvalue weighted by Gasteiger charge is 2.08. The summed E-state index contributed by atoms with van der Waals surface area (Å²) >= 11 is 0. The molecule has 2 aromatic rings. The van der Waals surface area contributed by atoms with Crippen molar-refractivity contribution in [2.45, 2.75) is 20.0 Å². The van der Waals surface area contributed by atoms with E-state index in [1.165, 1.54) is 24.3 Å². The summed E-state index contributed by atoms with van der Waals surface area (Å²) < 4.78 is 27.0. The van der Waals surface area contributed by atoms with Gasteiger partial charge in [-0.05, 0) is 36.3 Å². The molecule has 0 bridgehead atoms. The van der Waals surface area contributed by atoms with Gasteiger partial charge in [0.2, 0.25) is 0 Å². The number of benzene rings is 2. The summed E-state index contributed by atoms with van der Waals surface area (Å²) in [4.78, 5) is 24.0. The Kier molecular flexibility index (Phi) is 8.97. The lowest BCUT2D eigenvalue weighted by Gasteiger charge is -2.11. The monoisotopic (exact) mass is 426 g/mol. The van der Waals surface area contributed by atoms with Crippen molar-refractivity contribution in [2.24, 2.45) is 0 Å². The summed E-state index contributed by atoms with van der Waals surface area (Å²) in [6.45, 7) is 5.35. The molecule has 0 aliphatic rings. The molecule has 2 aromatic carbocycles. The Hall–Kier alpha value is -3.94. The molecular weight excluding hydrogens is 402 g/mol. The van der Waals surface area contributed by atoms with Gasteiger partial charge in [-0.25, -0.2) is 18.4 Å². The van der Waals surface area contributed by atoms with Gasteiger partial charge in [0, 0.05) is 13.1 Å². The van der Waals surface area contributed by atoms with Gasteiger partial charge in [-0.2, -0.15) is 0 Å². The van der Waals surface area contributed by atoms with Crippen LogP contribution >= 0.6 is 0 Å². The van der Waals surface area contributed by atoms with Gasteiger partial charge in [0.1, 0.15) is 11.6 Å². The summed E-state index contributed by atoms with van der Waals surface area (Å²) in [5.41, 5.74) is 1.62. The first kappa shape index (κ1) is 23.3. The number of nitrogens with one attached hydrogen (secondary N) is 4. The summed E-state index contributed by atoms with van der Waals surface area (Å²) in [5, 5.41) is 10.1. The Balaban J connectivity index is 1.86. The number of carbonyl (C=O) groups is 2. The number of carbonyl (C=O) groups excluding carboxylic acids is 2. The SMILES string of the molecule is C=C(F)C(=CC=CC)NC(=O)NCc1cccc(CNC(=O)Nc2ccccc2F)c1. The van der Waals surface area contributed by atoms with E-state index in [4.69, 9.17) is 0 Å². The molecule has 0 aliphatic heterocycles. The van der Waals surface area contributed by atoms with Crippen molar-refractivity contribution >= 4 is 17.7 Å². The molecule has 0 saturated heterocycles. The maximum Gasteiger partial charge on any atom is 0.319 e. The van der Waals surface area contributed by atoms with E-state index in [0.29, 0.717) is 0 Å². The number of rotatable bonds is 8. The molecule has 31 heavy (non-hydrogen) atoms. The molecular formula is C23H24F2N4O2. The molecule has 8 heteroatoms. The van der Waals surface area contributed by atoms with Crippen molar-refractivity contribution < 1.29 is 18.4 Å². The Morgan fingerprint density at radius 3 is 2.26 bits per heavy atom. The highest BCUT2D eigenvalue weighted by molar-refractivity contribution is 5.89. The van der Waals surface area contributed by atoms with Crippen molar-refractivity contribution in [1.82, 2.24) is 16.0 Å². The second-order valence-electron chi connectivity index (χ2n) is 6.43. The zero-order valence-corrected chi connectivity index (χ0v) is 17.0. The number of hydrogen-bond donors (Lipinski definition) is 4.